The van der Waals surface area contributed by atoms with Gasteiger partial charge in [0.2, 0.25) is 0 Å². The van der Waals surface area contributed by atoms with E-state index in [1.54, 1.807) is 12.3 Å². The summed E-state index contributed by atoms with van der Waals surface area (Å²) >= 11 is 0. The molecule has 1 aromatic carbocycles. The molecule has 1 atom stereocenters. The van der Waals surface area contributed by atoms with Crippen molar-refractivity contribution in [3.8, 4) is 5.75 Å². The highest BCUT2D eigenvalue weighted by Crippen LogP contribution is 2.21. The van der Waals surface area contributed by atoms with Crippen LogP contribution in [0.25, 0.3) is 0 Å². The fourth-order valence-electron chi connectivity index (χ4n) is 2.09. The lowest BCUT2D eigenvalue weighted by Gasteiger charge is -2.14. The van der Waals surface area contributed by atoms with E-state index in [2.05, 4.69) is 4.98 Å². The molecule has 0 amide bonds. The van der Waals surface area contributed by atoms with E-state index in [0.717, 1.165) is 11.4 Å². The van der Waals surface area contributed by atoms with Crippen molar-refractivity contribution < 1.29 is 9.13 Å². The topological polar surface area (TPSA) is 53.1 Å². The van der Waals surface area contributed by atoms with E-state index in [0.29, 0.717) is 25.3 Å². The van der Waals surface area contributed by atoms with E-state index in [1.807, 2.05) is 24.6 Å². The molecule has 1 heterocycles. The maximum atomic E-state index is 13.3. The lowest BCUT2D eigenvalue weighted by molar-refractivity contribution is 0.293. The van der Waals surface area contributed by atoms with Crippen LogP contribution in [0.5, 0.6) is 5.75 Å². The van der Waals surface area contributed by atoms with Gasteiger partial charge in [-0.05, 0) is 44.0 Å². The van der Waals surface area contributed by atoms with Gasteiger partial charge in [0.25, 0.3) is 0 Å². The van der Waals surface area contributed by atoms with Gasteiger partial charge in [0.05, 0.1) is 6.54 Å². The molecular weight excluding hydrogens is 257 g/mol. The Morgan fingerprint density at radius 3 is 2.90 bits per heavy atom. The van der Waals surface area contributed by atoms with Crippen molar-refractivity contribution in [1.82, 2.24) is 9.55 Å². The molecule has 0 aliphatic carbocycles. The summed E-state index contributed by atoms with van der Waals surface area (Å²) in [6.07, 6.45) is 4.26. The Hall–Kier alpha value is -1.88. The van der Waals surface area contributed by atoms with Gasteiger partial charge < -0.3 is 15.0 Å². The van der Waals surface area contributed by atoms with E-state index in [1.165, 1.54) is 12.1 Å². The van der Waals surface area contributed by atoms with Gasteiger partial charge in [-0.25, -0.2) is 9.37 Å². The Labute approximate surface area is 118 Å². The first-order valence-corrected chi connectivity index (χ1v) is 6.71. The summed E-state index contributed by atoms with van der Waals surface area (Å²) in [7, 11) is 0. The summed E-state index contributed by atoms with van der Waals surface area (Å²) < 4.78 is 21.0. The van der Waals surface area contributed by atoms with Crippen LogP contribution >= 0.6 is 0 Å². The van der Waals surface area contributed by atoms with Crippen LogP contribution in [0.1, 0.15) is 18.3 Å². The summed E-state index contributed by atoms with van der Waals surface area (Å²) in [5.74, 6) is 1.38. The summed E-state index contributed by atoms with van der Waals surface area (Å²) in [6, 6.07) is 4.52. The van der Waals surface area contributed by atoms with Crippen LogP contribution in [-0.4, -0.2) is 22.2 Å². The zero-order valence-corrected chi connectivity index (χ0v) is 11.8. The summed E-state index contributed by atoms with van der Waals surface area (Å²) in [5, 5.41) is 0. The number of nitrogens with two attached hydrogens (primary N) is 1. The number of imidazole rings is 1. The number of hydrogen-bond acceptors (Lipinski definition) is 3. The quantitative estimate of drug-likeness (QED) is 0.881. The average Bonchev–Trinajstić information content (AvgIpc) is 2.77. The van der Waals surface area contributed by atoms with E-state index >= 15 is 0 Å². The highest BCUT2D eigenvalue weighted by molar-refractivity contribution is 5.34. The van der Waals surface area contributed by atoms with Crippen LogP contribution < -0.4 is 10.5 Å². The molecule has 0 saturated carbocycles. The minimum Gasteiger partial charge on any atom is -0.491 e. The van der Waals surface area contributed by atoms with E-state index < -0.39 is 0 Å². The van der Waals surface area contributed by atoms with Crippen LogP contribution in [-0.2, 0) is 13.0 Å². The number of halogens is 1. The molecule has 0 bridgehead atoms. The van der Waals surface area contributed by atoms with Gasteiger partial charge in [-0.3, -0.25) is 0 Å². The van der Waals surface area contributed by atoms with Crippen molar-refractivity contribution in [3.63, 3.8) is 0 Å². The Morgan fingerprint density at radius 1 is 1.45 bits per heavy atom. The number of nitrogens with zero attached hydrogens (tertiary/aromatic N) is 2. The third kappa shape index (κ3) is 3.81. The zero-order valence-electron chi connectivity index (χ0n) is 11.8. The minimum absolute atomic E-state index is 0.0324. The van der Waals surface area contributed by atoms with Gasteiger partial charge >= 0.3 is 0 Å². The molecule has 5 heteroatoms. The normalized spacial score (nSPS) is 12.4. The molecule has 0 fully saturated rings. The van der Waals surface area contributed by atoms with Gasteiger partial charge in [-0.1, -0.05) is 0 Å². The molecule has 0 spiro atoms. The molecule has 4 nitrogen and oxygen atoms in total. The molecule has 1 unspecified atom stereocenters. The average molecular weight is 277 g/mol. The maximum Gasteiger partial charge on any atom is 0.123 e. The molecule has 2 rings (SSSR count). The van der Waals surface area contributed by atoms with Crippen molar-refractivity contribution in [2.75, 3.05) is 6.61 Å². The number of benzene rings is 1. The van der Waals surface area contributed by atoms with Gasteiger partial charge in [0, 0.05) is 18.4 Å². The summed E-state index contributed by atoms with van der Waals surface area (Å²) in [4.78, 5) is 4.15. The third-order valence-electron chi connectivity index (χ3n) is 3.08. The number of aryl methyl sites for hydroxylation is 1. The van der Waals surface area contributed by atoms with Crippen molar-refractivity contribution in [2.45, 2.75) is 32.9 Å². The number of hydrogen-bond donors (Lipinski definition) is 1. The van der Waals surface area contributed by atoms with E-state index in [4.69, 9.17) is 10.5 Å². The standard InChI is InChI=1S/C15H20FN3O/c1-11(17)9-13-10-14(16)3-4-15(13)20-8-7-19-6-5-18-12(19)2/h3-6,10-11H,7-9,17H2,1-2H3. The Kier molecular flexibility index (Phi) is 4.74. The smallest absolute Gasteiger partial charge is 0.123 e. The predicted octanol–water partition coefficient (Wildman–Crippen LogP) is 2.30. The van der Waals surface area contributed by atoms with Crippen LogP contribution in [0.15, 0.2) is 30.6 Å². The maximum absolute atomic E-state index is 13.3. The molecule has 0 radical (unpaired) electrons. The summed E-state index contributed by atoms with van der Waals surface area (Å²) in [6.45, 7) is 5.05. The lowest BCUT2D eigenvalue weighted by Crippen LogP contribution is -2.19. The van der Waals surface area contributed by atoms with Crippen LogP contribution in [0.3, 0.4) is 0 Å². The van der Waals surface area contributed by atoms with Gasteiger partial charge in [0.15, 0.2) is 0 Å². The largest absolute Gasteiger partial charge is 0.491 e. The first-order valence-electron chi connectivity index (χ1n) is 6.71. The van der Waals surface area contributed by atoms with E-state index in [9.17, 15) is 4.39 Å². The van der Waals surface area contributed by atoms with Gasteiger partial charge in [-0.15, -0.1) is 0 Å². The second-order valence-corrected chi connectivity index (χ2v) is 4.95. The first kappa shape index (κ1) is 14.5. The molecule has 0 aliphatic heterocycles. The molecule has 1 aromatic heterocycles. The highest BCUT2D eigenvalue weighted by Gasteiger charge is 2.08. The van der Waals surface area contributed by atoms with Crippen LogP contribution in [0.2, 0.25) is 0 Å². The summed E-state index contributed by atoms with van der Waals surface area (Å²) in [5.41, 5.74) is 6.59. The number of aromatic nitrogens is 2. The molecule has 108 valence electrons. The molecule has 0 saturated heterocycles. The highest BCUT2D eigenvalue weighted by atomic mass is 19.1. The lowest BCUT2D eigenvalue weighted by atomic mass is 10.1. The third-order valence-corrected chi connectivity index (χ3v) is 3.08. The zero-order chi connectivity index (χ0) is 14.5. The van der Waals surface area contributed by atoms with Gasteiger partial charge in [-0.2, -0.15) is 0 Å². The van der Waals surface area contributed by atoms with Crippen molar-refractivity contribution >= 4 is 0 Å². The second-order valence-electron chi connectivity index (χ2n) is 4.95. The van der Waals surface area contributed by atoms with Crippen LogP contribution in [0.4, 0.5) is 4.39 Å². The first-order chi connectivity index (χ1) is 9.56. The Balaban J connectivity index is 2.00. The number of ether oxygens (including phenoxy) is 1. The van der Waals surface area contributed by atoms with Crippen molar-refractivity contribution in [3.05, 3.63) is 47.8 Å². The molecule has 2 N–H and O–H groups in total. The molecule has 2 aromatic rings. The van der Waals surface area contributed by atoms with Crippen molar-refractivity contribution in [2.24, 2.45) is 5.73 Å². The SMILES string of the molecule is Cc1nccn1CCOc1ccc(F)cc1CC(C)N. The second kappa shape index (κ2) is 6.52. The number of rotatable bonds is 6. The fraction of sp³-hybridized carbons (Fsp3) is 0.400. The van der Waals surface area contributed by atoms with Gasteiger partial charge in [0.1, 0.15) is 24.0 Å². The van der Waals surface area contributed by atoms with E-state index in [-0.39, 0.29) is 11.9 Å². The fourth-order valence-corrected chi connectivity index (χ4v) is 2.09. The van der Waals surface area contributed by atoms with Crippen molar-refractivity contribution in [1.29, 1.82) is 0 Å². The molecule has 0 aliphatic rings. The Morgan fingerprint density at radius 2 is 2.25 bits per heavy atom. The Bertz CT molecular complexity index is 566. The molecular formula is C15H20FN3O. The van der Waals surface area contributed by atoms with Crippen LogP contribution in [0, 0.1) is 12.7 Å². The molecule has 20 heavy (non-hydrogen) atoms. The monoisotopic (exact) mass is 277 g/mol. The minimum atomic E-state index is -0.265. The predicted molar refractivity (Wildman–Crippen MR) is 76.2 cm³/mol.